The molecule has 0 unspecified atom stereocenters. The van der Waals surface area contributed by atoms with Gasteiger partial charge in [-0.05, 0) is 25.0 Å². The Hall–Kier alpha value is -0.850. The Balaban J connectivity index is 1.98. The van der Waals surface area contributed by atoms with Crippen LogP contribution in [0.3, 0.4) is 0 Å². The highest BCUT2D eigenvalue weighted by Crippen LogP contribution is 2.24. The number of sulfonamides is 1. The van der Waals surface area contributed by atoms with E-state index in [2.05, 4.69) is 4.72 Å². The van der Waals surface area contributed by atoms with Crippen molar-refractivity contribution in [2.24, 2.45) is 5.73 Å². The van der Waals surface area contributed by atoms with Gasteiger partial charge in [0.25, 0.3) is 10.0 Å². The maximum Gasteiger partial charge on any atom is 0.274 e. The van der Waals surface area contributed by atoms with E-state index in [1.807, 2.05) is 0 Å². The Labute approximate surface area is 108 Å². The van der Waals surface area contributed by atoms with Gasteiger partial charge in [0, 0.05) is 12.1 Å². The minimum Gasteiger partial charge on any atom is -0.452 e. The number of furan rings is 1. The molecule has 0 aliphatic heterocycles. The fourth-order valence-electron chi connectivity index (χ4n) is 2.34. The highest BCUT2D eigenvalue weighted by atomic mass is 32.2. The molecule has 1 aliphatic carbocycles. The van der Waals surface area contributed by atoms with Crippen LogP contribution in [0.5, 0.6) is 0 Å². The number of nitrogens with one attached hydrogen (secondary N) is 1. The molecule has 18 heavy (non-hydrogen) atoms. The second-order valence-corrected chi connectivity index (χ2v) is 6.73. The van der Waals surface area contributed by atoms with Crippen LogP contribution in [0, 0.1) is 0 Å². The highest BCUT2D eigenvalue weighted by Gasteiger charge is 2.29. The zero-order valence-corrected chi connectivity index (χ0v) is 11.2. The van der Waals surface area contributed by atoms with Crippen LogP contribution in [0.25, 0.3) is 0 Å². The maximum absolute atomic E-state index is 11.9. The molecule has 0 atom stereocenters. The summed E-state index contributed by atoms with van der Waals surface area (Å²) in [7, 11) is -3.56. The maximum atomic E-state index is 11.9. The van der Waals surface area contributed by atoms with E-state index in [-0.39, 0.29) is 11.6 Å². The van der Waals surface area contributed by atoms with Gasteiger partial charge in [0.05, 0.1) is 6.26 Å². The first-order valence-electron chi connectivity index (χ1n) is 6.34. The van der Waals surface area contributed by atoms with Gasteiger partial charge in [0.2, 0.25) is 5.09 Å². The first-order chi connectivity index (χ1) is 8.52. The first kappa shape index (κ1) is 13.6. The lowest BCUT2D eigenvalue weighted by molar-refractivity contribution is 0.365. The van der Waals surface area contributed by atoms with Crippen molar-refractivity contribution in [3.05, 3.63) is 18.4 Å². The summed E-state index contributed by atoms with van der Waals surface area (Å²) in [6.07, 6.45) is 7.59. The third-order valence-electron chi connectivity index (χ3n) is 3.47. The molecule has 0 spiro atoms. The zero-order chi connectivity index (χ0) is 13.1. The summed E-state index contributed by atoms with van der Waals surface area (Å²) in [5.74, 6) is 0. The first-order valence-corrected chi connectivity index (χ1v) is 7.82. The lowest BCUT2D eigenvalue weighted by atomic mass is 9.92. The summed E-state index contributed by atoms with van der Waals surface area (Å²) >= 11 is 0. The molecule has 0 radical (unpaired) electrons. The van der Waals surface area contributed by atoms with Gasteiger partial charge >= 0.3 is 0 Å². The summed E-state index contributed by atoms with van der Waals surface area (Å²) < 4.78 is 31.3. The molecule has 2 rings (SSSR count). The third kappa shape index (κ3) is 3.34. The lowest BCUT2D eigenvalue weighted by Crippen LogP contribution is -2.49. The van der Waals surface area contributed by atoms with Crippen molar-refractivity contribution >= 4 is 10.0 Å². The Kier molecular flexibility index (Phi) is 4.09. The van der Waals surface area contributed by atoms with Crippen molar-refractivity contribution < 1.29 is 12.8 Å². The van der Waals surface area contributed by atoms with E-state index in [4.69, 9.17) is 10.2 Å². The molecule has 6 heteroatoms. The van der Waals surface area contributed by atoms with Crippen molar-refractivity contribution in [1.82, 2.24) is 4.72 Å². The minimum atomic E-state index is -3.56. The summed E-state index contributed by atoms with van der Waals surface area (Å²) in [6.45, 7) is 0.274. The van der Waals surface area contributed by atoms with E-state index in [1.165, 1.54) is 25.2 Å². The van der Waals surface area contributed by atoms with Crippen LogP contribution in [0.2, 0.25) is 0 Å². The molecule has 102 valence electrons. The van der Waals surface area contributed by atoms with Gasteiger partial charge in [-0.3, -0.25) is 0 Å². The average molecular weight is 272 g/mol. The van der Waals surface area contributed by atoms with Crippen molar-refractivity contribution in [2.75, 3.05) is 6.54 Å². The molecule has 1 aromatic rings. The normalized spacial score (nSPS) is 20.5. The van der Waals surface area contributed by atoms with E-state index < -0.39 is 15.6 Å². The standard InChI is InChI=1S/C12H20N2O3S/c13-12(7-3-1-2-4-8-12)10-14-18(15,16)11-6-5-9-17-11/h5-6,9,14H,1-4,7-8,10,13H2. The van der Waals surface area contributed by atoms with E-state index in [1.54, 1.807) is 6.07 Å². The predicted octanol–water partition coefficient (Wildman–Crippen LogP) is 1.61. The summed E-state index contributed by atoms with van der Waals surface area (Å²) in [5, 5.41) is -0.0558. The number of hydrogen-bond donors (Lipinski definition) is 2. The van der Waals surface area contributed by atoms with Crippen molar-refractivity contribution in [3.8, 4) is 0 Å². The Bertz CT molecular complexity index is 460. The lowest BCUT2D eigenvalue weighted by Gasteiger charge is -2.27. The van der Waals surface area contributed by atoms with Crippen LogP contribution < -0.4 is 10.5 Å². The molecule has 1 heterocycles. The second kappa shape index (κ2) is 5.42. The van der Waals surface area contributed by atoms with Crippen molar-refractivity contribution in [3.63, 3.8) is 0 Å². The Morgan fingerprint density at radius 2 is 1.94 bits per heavy atom. The van der Waals surface area contributed by atoms with Gasteiger partial charge in [0.1, 0.15) is 0 Å². The Morgan fingerprint density at radius 3 is 2.50 bits per heavy atom. The third-order valence-corrected chi connectivity index (χ3v) is 4.76. The molecule has 1 aliphatic rings. The van der Waals surface area contributed by atoms with Gasteiger partial charge in [-0.25, -0.2) is 13.1 Å². The van der Waals surface area contributed by atoms with Crippen molar-refractivity contribution in [2.45, 2.75) is 49.2 Å². The summed E-state index contributed by atoms with van der Waals surface area (Å²) in [4.78, 5) is 0. The molecule has 0 aromatic carbocycles. The largest absolute Gasteiger partial charge is 0.452 e. The summed E-state index contributed by atoms with van der Waals surface area (Å²) in [6, 6.07) is 2.98. The molecule has 1 aromatic heterocycles. The van der Waals surface area contributed by atoms with Crippen LogP contribution in [-0.2, 0) is 10.0 Å². The minimum absolute atomic E-state index is 0.0558. The second-order valence-electron chi connectivity index (χ2n) is 5.03. The van der Waals surface area contributed by atoms with E-state index >= 15 is 0 Å². The Morgan fingerprint density at radius 1 is 1.28 bits per heavy atom. The highest BCUT2D eigenvalue weighted by molar-refractivity contribution is 7.89. The topological polar surface area (TPSA) is 85.3 Å². The quantitative estimate of drug-likeness (QED) is 0.815. The molecule has 0 saturated heterocycles. The summed E-state index contributed by atoms with van der Waals surface area (Å²) in [5.41, 5.74) is 5.84. The van der Waals surface area contributed by atoms with Gasteiger partial charge < -0.3 is 10.2 Å². The fraction of sp³-hybridized carbons (Fsp3) is 0.667. The van der Waals surface area contributed by atoms with Crippen LogP contribution >= 0.6 is 0 Å². The smallest absolute Gasteiger partial charge is 0.274 e. The molecular formula is C12H20N2O3S. The van der Waals surface area contributed by atoms with E-state index in [0.29, 0.717) is 0 Å². The molecule has 1 fully saturated rings. The van der Waals surface area contributed by atoms with Gasteiger partial charge in [0.15, 0.2) is 0 Å². The van der Waals surface area contributed by atoms with Gasteiger partial charge in [-0.2, -0.15) is 0 Å². The number of rotatable bonds is 4. The zero-order valence-electron chi connectivity index (χ0n) is 10.4. The molecule has 3 N–H and O–H groups in total. The average Bonchev–Trinajstić information content (AvgIpc) is 2.79. The van der Waals surface area contributed by atoms with Crippen LogP contribution in [-0.4, -0.2) is 20.5 Å². The van der Waals surface area contributed by atoms with Crippen molar-refractivity contribution in [1.29, 1.82) is 0 Å². The molecule has 5 nitrogen and oxygen atoms in total. The predicted molar refractivity (Wildman–Crippen MR) is 68.5 cm³/mol. The molecular weight excluding hydrogens is 252 g/mol. The van der Waals surface area contributed by atoms with Crippen LogP contribution in [0.1, 0.15) is 38.5 Å². The van der Waals surface area contributed by atoms with Crippen LogP contribution in [0.15, 0.2) is 27.9 Å². The van der Waals surface area contributed by atoms with E-state index in [0.717, 1.165) is 25.7 Å². The number of hydrogen-bond acceptors (Lipinski definition) is 4. The van der Waals surface area contributed by atoms with Gasteiger partial charge in [-0.15, -0.1) is 0 Å². The van der Waals surface area contributed by atoms with Crippen LogP contribution in [0.4, 0.5) is 0 Å². The molecule has 1 saturated carbocycles. The molecule has 0 bridgehead atoms. The van der Waals surface area contributed by atoms with Gasteiger partial charge in [-0.1, -0.05) is 25.7 Å². The fourth-order valence-corrected chi connectivity index (χ4v) is 3.40. The monoisotopic (exact) mass is 272 g/mol. The number of nitrogens with two attached hydrogens (primary N) is 1. The molecule has 0 amide bonds. The SMILES string of the molecule is NC1(CNS(=O)(=O)c2ccco2)CCCCCC1. The van der Waals surface area contributed by atoms with E-state index in [9.17, 15) is 8.42 Å².